The lowest BCUT2D eigenvalue weighted by molar-refractivity contribution is 0.411. The summed E-state index contributed by atoms with van der Waals surface area (Å²) in [5.41, 5.74) is 3.30. The van der Waals surface area contributed by atoms with E-state index in [9.17, 15) is 0 Å². The molecule has 0 saturated heterocycles. The zero-order valence-corrected chi connectivity index (χ0v) is 13.6. The number of ether oxygens (including phenoxy) is 1. The molecule has 3 rings (SSSR count). The Morgan fingerprint density at radius 1 is 1.33 bits per heavy atom. The number of halogens is 1. The van der Waals surface area contributed by atoms with Crippen molar-refractivity contribution in [1.82, 2.24) is 9.78 Å². The van der Waals surface area contributed by atoms with E-state index in [0.29, 0.717) is 5.02 Å². The van der Waals surface area contributed by atoms with Gasteiger partial charge in [-0.1, -0.05) is 32.4 Å². The second-order valence-electron chi connectivity index (χ2n) is 6.33. The molecule has 2 heterocycles. The second kappa shape index (κ2) is 4.95. The molecular formula is C16H20ClN3O. The Morgan fingerprint density at radius 3 is 2.76 bits per heavy atom. The summed E-state index contributed by atoms with van der Waals surface area (Å²) in [6, 6.07) is 5.59. The predicted octanol–water partition coefficient (Wildman–Crippen LogP) is 3.80. The third-order valence-electron chi connectivity index (χ3n) is 3.73. The van der Waals surface area contributed by atoms with Crippen molar-refractivity contribution in [3.8, 4) is 11.4 Å². The van der Waals surface area contributed by atoms with E-state index < -0.39 is 0 Å². The minimum absolute atomic E-state index is 0.00711. The summed E-state index contributed by atoms with van der Waals surface area (Å²) in [6.45, 7) is 7.51. The summed E-state index contributed by atoms with van der Waals surface area (Å²) in [5, 5.41) is 8.94. The molecule has 2 aromatic rings. The van der Waals surface area contributed by atoms with Gasteiger partial charge in [0.1, 0.15) is 17.3 Å². The van der Waals surface area contributed by atoms with E-state index in [1.165, 1.54) is 5.56 Å². The van der Waals surface area contributed by atoms with E-state index in [4.69, 9.17) is 21.4 Å². The van der Waals surface area contributed by atoms with Gasteiger partial charge in [0.2, 0.25) is 0 Å². The number of nitrogens with zero attached hydrogens (tertiary/aromatic N) is 2. The smallest absolute Gasteiger partial charge is 0.144 e. The molecule has 1 N–H and O–H groups in total. The molecule has 0 amide bonds. The SMILES string of the molecule is COc1ccc(Cl)cc1-n1nc(C(C)(C)C)c2c1NCC2. The van der Waals surface area contributed by atoms with Gasteiger partial charge >= 0.3 is 0 Å². The van der Waals surface area contributed by atoms with Gasteiger partial charge in [-0.05, 0) is 24.6 Å². The minimum atomic E-state index is 0.00711. The molecule has 0 spiro atoms. The molecule has 0 atom stereocenters. The molecule has 1 aliphatic heterocycles. The predicted molar refractivity (Wildman–Crippen MR) is 86.0 cm³/mol. The largest absolute Gasteiger partial charge is 0.494 e. The topological polar surface area (TPSA) is 39.1 Å². The number of hydrogen-bond acceptors (Lipinski definition) is 3. The Labute approximate surface area is 130 Å². The van der Waals surface area contributed by atoms with E-state index in [0.717, 1.165) is 35.9 Å². The van der Waals surface area contributed by atoms with Crippen molar-refractivity contribution in [2.45, 2.75) is 32.6 Å². The van der Waals surface area contributed by atoms with Gasteiger partial charge in [0.25, 0.3) is 0 Å². The van der Waals surface area contributed by atoms with Crippen LogP contribution < -0.4 is 10.1 Å². The summed E-state index contributed by atoms with van der Waals surface area (Å²) >= 11 is 6.15. The summed E-state index contributed by atoms with van der Waals surface area (Å²) in [4.78, 5) is 0. The second-order valence-corrected chi connectivity index (χ2v) is 6.77. The molecule has 112 valence electrons. The van der Waals surface area contributed by atoms with Gasteiger partial charge in [0, 0.05) is 22.5 Å². The molecular weight excluding hydrogens is 286 g/mol. The van der Waals surface area contributed by atoms with Crippen molar-refractivity contribution in [2.75, 3.05) is 19.0 Å². The monoisotopic (exact) mass is 305 g/mol. The third kappa shape index (κ3) is 2.38. The first-order chi connectivity index (χ1) is 9.91. The number of fused-ring (bicyclic) bond motifs is 1. The molecule has 0 radical (unpaired) electrons. The van der Waals surface area contributed by atoms with Gasteiger partial charge < -0.3 is 10.1 Å². The quantitative estimate of drug-likeness (QED) is 0.917. The number of anilines is 1. The molecule has 1 aromatic heterocycles. The Hall–Kier alpha value is -1.68. The lowest BCUT2D eigenvalue weighted by Crippen LogP contribution is -2.15. The first-order valence-electron chi connectivity index (χ1n) is 7.12. The molecule has 1 aliphatic rings. The van der Waals surface area contributed by atoms with Crippen molar-refractivity contribution in [3.63, 3.8) is 0 Å². The highest BCUT2D eigenvalue weighted by molar-refractivity contribution is 6.30. The normalized spacial score (nSPS) is 14.0. The van der Waals surface area contributed by atoms with Crippen LogP contribution in [-0.2, 0) is 11.8 Å². The molecule has 4 nitrogen and oxygen atoms in total. The lowest BCUT2D eigenvalue weighted by Gasteiger charge is -2.16. The fraction of sp³-hybridized carbons (Fsp3) is 0.438. The Bertz CT molecular complexity index is 686. The molecule has 0 fully saturated rings. The van der Waals surface area contributed by atoms with Crippen molar-refractivity contribution in [3.05, 3.63) is 34.5 Å². The molecule has 0 unspecified atom stereocenters. The van der Waals surface area contributed by atoms with Crippen LogP contribution in [0.1, 0.15) is 32.0 Å². The standard InChI is InChI=1S/C16H20ClN3O/c1-16(2,3)14-11-7-8-18-15(11)20(19-14)12-9-10(17)5-6-13(12)21-4/h5-6,9,18H,7-8H2,1-4H3. The minimum Gasteiger partial charge on any atom is -0.494 e. The summed E-state index contributed by atoms with van der Waals surface area (Å²) < 4.78 is 7.39. The molecule has 0 bridgehead atoms. The van der Waals surface area contributed by atoms with Crippen molar-refractivity contribution in [1.29, 1.82) is 0 Å². The van der Waals surface area contributed by atoms with Crippen LogP contribution in [0.3, 0.4) is 0 Å². The highest BCUT2D eigenvalue weighted by Gasteiger charge is 2.30. The zero-order valence-electron chi connectivity index (χ0n) is 12.8. The fourth-order valence-electron chi connectivity index (χ4n) is 2.78. The van der Waals surface area contributed by atoms with Gasteiger partial charge in [0.05, 0.1) is 12.8 Å². The third-order valence-corrected chi connectivity index (χ3v) is 3.97. The van der Waals surface area contributed by atoms with E-state index in [1.54, 1.807) is 7.11 Å². The molecule has 5 heteroatoms. The first-order valence-corrected chi connectivity index (χ1v) is 7.50. The number of methoxy groups -OCH3 is 1. The number of nitrogens with one attached hydrogen (secondary N) is 1. The summed E-state index contributed by atoms with van der Waals surface area (Å²) in [6.07, 6.45) is 1.00. The Kier molecular flexibility index (Phi) is 3.36. The van der Waals surface area contributed by atoms with E-state index in [2.05, 4.69) is 26.1 Å². The maximum atomic E-state index is 6.15. The van der Waals surface area contributed by atoms with Crippen LogP contribution in [0.25, 0.3) is 5.69 Å². The number of hydrogen-bond donors (Lipinski definition) is 1. The maximum absolute atomic E-state index is 6.15. The molecule has 0 saturated carbocycles. The van der Waals surface area contributed by atoms with Crippen molar-refractivity contribution in [2.24, 2.45) is 0 Å². The number of aromatic nitrogens is 2. The molecule has 1 aromatic carbocycles. The van der Waals surface area contributed by atoms with Crippen LogP contribution in [0.15, 0.2) is 18.2 Å². The first kappa shape index (κ1) is 14.3. The lowest BCUT2D eigenvalue weighted by atomic mass is 9.89. The maximum Gasteiger partial charge on any atom is 0.144 e. The fourth-order valence-corrected chi connectivity index (χ4v) is 2.95. The molecule has 0 aliphatic carbocycles. The van der Waals surface area contributed by atoms with Crippen LogP contribution >= 0.6 is 11.6 Å². The van der Waals surface area contributed by atoms with Crippen LogP contribution in [0.2, 0.25) is 5.02 Å². The summed E-state index contributed by atoms with van der Waals surface area (Å²) in [5.74, 6) is 1.82. The van der Waals surface area contributed by atoms with Gasteiger partial charge in [0.15, 0.2) is 0 Å². The van der Waals surface area contributed by atoms with Gasteiger partial charge in [-0.3, -0.25) is 0 Å². The van der Waals surface area contributed by atoms with Crippen LogP contribution in [-0.4, -0.2) is 23.4 Å². The van der Waals surface area contributed by atoms with E-state index in [1.807, 2.05) is 22.9 Å². The van der Waals surface area contributed by atoms with Crippen LogP contribution in [0.4, 0.5) is 5.82 Å². The van der Waals surface area contributed by atoms with Gasteiger partial charge in [-0.25, -0.2) is 4.68 Å². The van der Waals surface area contributed by atoms with Crippen LogP contribution in [0.5, 0.6) is 5.75 Å². The van der Waals surface area contributed by atoms with Crippen LogP contribution in [0, 0.1) is 0 Å². The average molecular weight is 306 g/mol. The molecule has 21 heavy (non-hydrogen) atoms. The highest BCUT2D eigenvalue weighted by Crippen LogP contribution is 2.37. The number of rotatable bonds is 2. The van der Waals surface area contributed by atoms with E-state index in [-0.39, 0.29) is 5.41 Å². The number of benzene rings is 1. The Balaban J connectivity index is 2.23. The average Bonchev–Trinajstić information content (AvgIpc) is 2.98. The van der Waals surface area contributed by atoms with Crippen molar-refractivity contribution < 1.29 is 4.74 Å². The van der Waals surface area contributed by atoms with E-state index >= 15 is 0 Å². The van der Waals surface area contributed by atoms with Crippen molar-refractivity contribution >= 4 is 17.4 Å². The summed E-state index contributed by atoms with van der Waals surface area (Å²) in [7, 11) is 1.66. The van der Waals surface area contributed by atoms with Gasteiger partial charge in [-0.15, -0.1) is 0 Å². The highest BCUT2D eigenvalue weighted by atomic mass is 35.5. The van der Waals surface area contributed by atoms with Gasteiger partial charge in [-0.2, -0.15) is 5.10 Å². The zero-order chi connectivity index (χ0) is 15.2. The Morgan fingerprint density at radius 2 is 2.10 bits per heavy atom.